The molecule has 0 spiro atoms. The Morgan fingerprint density at radius 3 is 2.43 bits per heavy atom. The van der Waals surface area contributed by atoms with Gasteiger partial charge >= 0.3 is 11.9 Å². The Labute approximate surface area is 180 Å². The van der Waals surface area contributed by atoms with E-state index in [-0.39, 0.29) is 16.6 Å². The van der Waals surface area contributed by atoms with Crippen LogP contribution in [0.25, 0.3) is 19.5 Å². The van der Waals surface area contributed by atoms with Crippen LogP contribution in [-0.2, 0) is 19.1 Å². The predicted octanol–water partition coefficient (Wildman–Crippen LogP) is 4.06. The number of ether oxygens (including phenoxy) is 2. The number of esters is 2. The van der Waals surface area contributed by atoms with Gasteiger partial charge in [-0.2, -0.15) is 0 Å². The molecule has 1 aliphatic rings. The summed E-state index contributed by atoms with van der Waals surface area (Å²) in [4.78, 5) is 38.3. The van der Waals surface area contributed by atoms with Gasteiger partial charge in [0.2, 0.25) is 5.43 Å². The van der Waals surface area contributed by atoms with Crippen LogP contribution in [0.4, 0.5) is 0 Å². The molecule has 154 valence electrons. The van der Waals surface area contributed by atoms with Gasteiger partial charge in [0.25, 0.3) is 0 Å². The highest BCUT2D eigenvalue weighted by Crippen LogP contribution is 2.38. The highest BCUT2D eigenvalue weighted by atomic mass is 32.1. The Morgan fingerprint density at radius 2 is 1.73 bits per heavy atom. The quantitative estimate of drug-likeness (QED) is 0.618. The number of nitrogens with one attached hydrogen (secondary N) is 1. The first-order valence-electron chi connectivity index (χ1n) is 9.17. The molecule has 0 bridgehead atoms. The van der Waals surface area contributed by atoms with E-state index < -0.39 is 18.0 Å². The maximum atomic E-state index is 13.4. The first-order valence-corrected chi connectivity index (χ1v) is 10.9. The lowest BCUT2D eigenvalue weighted by molar-refractivity contribution is -0.136. The Balaban J connectivity index is 1.94. The van der Waals surface area contributed by atoms with Crippen molar-refractivity contribution in [3.8, 4) is 0 Å². The molecule has 30 heavy (non-hydrogen) atoms. The van der Waals surface area contributed by atoms with E-state index in [1.165, 1.54) is 36.9 Å². The van der Waals surface area contributed by atoms with E-state index >= 15 is 0 Å². The summed E-state index contributed by atoms with van der Waals surface area (Å²) in [6.07, 6.45) is 0. The topological polar surface area (TPSA) is 81.7 Å². The van der Waals surface area contributed by atoms with Crippen LogP contribution in [0, 0.1) is 0 Å². The van der Waals surface area contributed by atoms with Gasteiger partial charge in [-0.3, -0.25) is 4.79 Å². The second kappa shape index (κ2) is 7.70. The van der Waals surface area contributed by atoms with Crippen LogP contribution >= 0.6 is 22.7 Å². The number of benzene rings is 1. The number of hydrogen-bond acceptors (Lipinski definition) is 8. The number of thiophene rings is 1. The second-order valence-electron chi connectivity index (χ2n) is 6.88. The molecule has 0 amide bonds. The van der Waals surface area contributed by atoms with E-state index in [9.17, 15) is 14.4 Å². The van der Waals surface area contributed by atoms with Gasteiger partial charge in [-0.15, -0.1) is 22.7 Å². The number of rotatable bonds is 3. The molecular formula is C22H19NO5S2. The minimum atomic E-state index is -0.718. The average Bonchev–Trinajstić information content (AvgIpc) is 3.12. The highest BCUT2D eigenvalue weighted by Gasteiger charge is 2.35. The predicted molar refractivity (Wildman–Crippen MR) is 119 cm³/mol. The molecule has 3 aromatic rings. The molecule has 1 aromatic carbocycles. The lowest BCUT2D eigenvalue weighted by atomic mass is 9.88. The van der Waals surface area contributed by atoms with Crippen molar-refractivity contribution in [1.82, 2.24) is 5.32 Å². The number of methoxy groups -OCH3 is 2. The fourth-order valence-electron chi connectivity index (χ4n) is 3.81. The Bertz CT molecular complexity index is 1330. The van der Waals surface area contributed by atoms with Crippen molar-refractivity contribution in [2.75, 3.05) is 14.2 Å². The molecule has 0 fully saturated rings. The van der Waals surface area contributed by atoms with Crippen molar-refractivity contribution in [1.29, 1.82) is 0 Å². The van der Waals surface area contributed by atoms with Crippen LogP contribution in [0.1, 0.15) is 25.5 Å². The van der Waals surface area contributed by atoms with Crippen molar-refractivity contribution in [3.05, 3.63) is 67.8 Å². The Kier molecular flexibility index (Phi) is 5.21. The lowest BCUT2D eigenvalue weighted by Crippen LogP contribution is -2.35. The molecule has 0 saturated heterocycles. The third-order valence-electron chi connectivity index (χ3n) is 5.23. The van der Waals surface area contributed by atoms with Gasteiger partial charge in [0.1, 0.15) is 0 Å². The van der Waals surface area contributed by atoms with Crippen LogP contribution in [0.5, 0.6) is 0 Å². The van der Waals surface area contributed by atoms with E-state index in [0.29, 0.717) is 21.5 Å². The fraction of sp³-hybridized carbons (Fsp3) is 0.227. The summed E-state index contributed by atoms with van der Waals surface area (Å²) in [5, 5.41) is 6.00. The number of fused-ring (bicyclic) bond motifs is 3. The van der Waals surface area contributed by atoms with Crippen LogP contribution in [0.2, 0.25) is 0 Å². The third-order valence-corrected chi connectivity index (χ3v) is 7.56. The minimum absolute atomic E-state index is 0.133. The summed E-state index contributed by atoms with van der Waals surface area (Å²) < 4.78 is 12.5. The minimum Gasteiger partial charge on any atom is -0.466 e. The number of hydrogen-bond donors (Lipinski definition) is 1. The maximum absolute atomic E-state index is 13.4. The molecule has 1 N–H and O–H groups in total. The number of carbonyl (C=O) groups is 2. The molecule has 0 aliphatic carbocycles. The van der Waals surface area contributed by atoms with E-state index in [4.69, 9.17) is 9.47 Å². The van der Waals surface area contributed by atoms with Crippen molar-refractivity contribution < 1.29 is 19.1 Å². The zero-order valence-corrected chi connectivity index (χ0v) is 18.5. The van der Waals surface area contributed by atoms with Crippen molar-refractivity contribution in [2.24, 2.45) is 0 Å². The zero-order chi connectivity index (χ0) is 21.6. The molecular weight excluding hydrogens is 422 g/mol. The lowest BCUT2D eigenvalue weighted by Gasteiger charge is -2.29. The van der Waals surface area contributed by atoms with Gasteiger partial charge in [-0.1, -0.05) is 18.2 Å². The monoisotopic (exact) mass is 441 g/mol. The molecule has 1 aliphatic heterocycles. The molecule has 2 aromatic heterocycles. The third kappa shape index (κ3) is 3.03. The van der Waals surface area contributed by atoms with Crippen LogP contribution < -0.4 is 10.7 Å². The largest absolute Gasteiger partial charge is 0.466 e. The Hall–Kier alpha value is -2.97. The zero-order valence-electron chi connectivity index (χ0n) is 16.8. The summed E-state index contributed by atoms with van der Waals surface area (Å²) >= 11 is 2.92. The molecule has 1 unspecified atom stereocenters. The summed E-state index contributed by atoms with van der Waals surface area (Å²) in [6, 6.07) is 7.17. The summed E-state index contributed by atoms with van der Waals surface area (Å²) in [5.41, 5.74) is 1.79. The van der Waals surface area contributed by atoms with Crippen molar-refractivity contribution in [3.63, 3.8) is 0 Å². The molecule has 3 heterocycles. The normalized spacial score (nSPS) is 16.7. The SMILES string of the molecule is COC(=O)C1=C(C)NC(c2csc3c(sc4ccccc43)c2=O)C(C(=O)OC)=C1C. The van der Waals surface area contributed by atoms with Gasteiger partial charge in [0, 0.05) is 26.7 Å². The molecule has 0 radical (unpaired) electrons. The number of dihydropyridines is 1. The van der Waals surface area contributed by atoms with Gasteiger partial charge in [0.15, 0.2) is 0 Å². The van der Waals surface area contributed by atoms with Crippen molar-refractivity contribution in [2.45, 2.75) is 19.9 Å². The fourth-order valence-corrected chi connectivity index (χ4v) is 6.20. The van der Waals surface area contributed by atoms with E-state index in [1.54, 1.807) is 19.2 Å². The first-order chi connectivity index (χ1) is 14.4. The van der Waals surface area contributed by atoms with Crippen LogP contribution in [0.15, 0.2) is 56.9 Å². The summed E-state index contributed by atoms with van der Waals surface area (Å²) in [5.74, 6) is -1.15. The van der Waals surface area contributed by atoms with Gasteiger partial charge in [0.05, 0.1) is 40.8 Å². The van der Waals surface area contributed by atoms with Crippen LogP contribution in [-0.4, -0.2) is 26.2 Å². The van der Waals surface area contributed by atoms with Crippen molar-refractivity contribution >= 4 is 54.1 Å². The standard InChI is InChI=1S/C22H19NO5S2/c1-10-15(21(25)27-3)11(2)23-17(16(10)22(26)28-4)13-9-29-19-12-7-5-6-8-14(12)30-20(19)18(13)24/h5-9,17,23H,1-4H3. The van der Waals surface area contributed by atoms with Gasteiger partial charge in [-0.05, 0) is 25.5 Å². The average molecular weight is 442 g/mol. The molecule has 0 saturated carbocycles. The highest BCUT2D eigenvalue weighted by molar-refractivity contribution is 7.31. The number of carbonyl (C=O) groups excluding carboxylic acids is 2. The van der Waals surface area contributed by atoms with Gasteiger partial charge < -0.3 is 14.8 Å². The Morgan fingerprint density at radius 1 is 1.03 bits per heavy atom. The van der Waals surface area contributed by atoms with Crippen LogP contribution in [0.3, 0.4) is 0 Å². The molecule has 4 rings (SSSR count). The van der Waals surface area contributed by atoms with E-state index in [1.807, 2.05) is 24.3 Å². The molecule has 1 atom stereocenters. The first kappa shape index (κ1) is 20.3. The summed E-state index contributed by atoms with van der Waals surface area (Å²) in [7, 11) is 2.56. The smallest absolute Gasteiger partial charge is 0.339 e. The van der Waals surface area contributed by atoms with E-state index in [2.05, 4.69) is 5.32 Å². The summed E-state index contributed by atoms with van der Waals surface area (Å²) in [6.45, 7) is 3.39. The second-order valence-corrected chi connectivity index (χ2v) is 8.81. The molecule has 8 heteroatoms. The maximum Gasteiger partial charge on any atom is 0.339 e. The van der Waals surface area contributed by atoms with Gasteiger partial charge in [-0.25, -0.2) is 9.59 Å². The number of allylic oxidation sites excluding steroid dienone is 1. The molecule has 6 nitrogen and oxygen atoms in total. The van der Waals surface area contributed by atoms with E-state index in [0.717, 1.165) is 14.8 Å².